The second-order valence-electron chi connectivity index (χ2n) is 8.25. The molecule has 0 bridgehead atoms. The maximum absolute atomic E-state index is 13.3. The molecule has 1 N–H and O–H groups in total. The molecule has 0 amide bonds. The lowest BCUT2D eigenvalue weighted by Gasteiger charge is -2.35. The molecule has 0 saturated carbocycles. The standard InChI is InChI=1S/C22H22Cl2F3N5O2S/c1-14(30-21-16-3-2-4-17(22(25,26)27)20(16)28-13-29-21)12-31-7-9-32(10-8-31)35(33,34)15-5-6-18(23)19(24)11-15/h2-6,11,13-14H,7-10,12H2,1H3,(H,28,29,30). The van der Waals surface area contributed by atoms with Gasteiger partial charge in [-0.3, -0.25) is 4.90 Å². The first kappa shape index (κ1) is 25.9. The Balaban J connectivity index is 1.40. The van der Waals surface area contributed by atoms with E-state index in [2.05, 4.69) is 20.2 Å². The van der Waals surface area contributed by atoms with Crippen molar-refractivity contribution in [2.45, 2.75) is 24.0 Å². The number of alkyl halides is 3. The Hall–Kier alpha value is -2.18. The van der Waals surface area contributed by atoms with Crippen molar-refractivity contribution >= 4 is 49.9 Å². The van der Waals surface area contributed by atoms with E-state index in [1.165, 1.54) is 28.6 Å². The molecule has 1 aliphatic rings. The minimum Gasteiger partial charge on any atom is -0.366 e. The Morgan fingerprint density at radius 1 is 1.06 bits per heavy atom. The summed E-state index contributed by atoms with van der Waals surface area (Å²) >= 11 is 11.9. The summed E-state index contributed by atoms with van der Waals surface area (Å²) in [6.07, 6.45) is -3.41. The minimum atomic E-state index is -4.52. The Labute approximate surface area is 210 Å². The van der Waals surface area contributed by atoms with Crippen molar-refractivity contribution in [2.24, 2.45) is 0 Å². The van der Waals surface area contributed by atoms with Crippen LogP contribution < -0.4 is 5.32 Å². The van der Waals surface area contributed by atoms with Crippen LogP contribution in [0.4, 0.5) is 19.0 Å². The minimum absolute atomic E-state index is 0.0873. The first-order chi connectivity index (χ1) is 16.5. The van der Waals surface area contributed by atoms with Gasteiger partial charge in [-0.05, 0) is 37.3 Å². The van der Waals surface area contributed by atoms with Gasteiger partial charge in [0.15, 0.2) is 0 Å². The maximum Gasteiger partial charge on any atom is 0.418 e. The fourth-order valence-corrected chi connectivity index (χ4v) is 5.85. The summed E-state index contributed by atoms with van der Waals surface area (Å²) in [5.41, 5.74) is -0.974. The SMILES string of the molecule is CC(CN1CCN(S(=O)(=O)c2ccc(Cl)c(Cl)c2)CC1)Nc1ncnc2c(C(F)(F)F)cccc12. The molecule has 3 aromatic rings. The third-order valence-electron chi connectivity index (χ3n) is 5.75. The summed E-state index contributed by atoms with van der Waals surface area (Å²) in [6, 6.07) is 7.93. The first-order valence-electron chi connectivity index (χ1n) is 10.7. The van der Waals surface area contributed by atoms with Crippen molar-refractivity contribution in [1.82, 2.24) is 19.2 Å². The average molecular weight is 548 g/mol. The highest BCUT2D eigenvalue weighted by Crippen LogP contribution is 2.35. The van der Waals surface area contributed by atoms with Gasteiger partial charge in [0, 0.05) is 44.2 Å². The van der Waals surface area contributed by atoms with Crippen LogP contribution in [0.1, 0.15) is 12.5 Å². The number of halogens is 5. The predicted molar refractivity (Wildman–Crippen MR) is 129 cm³/mol. The van der Waals surface area contributed by atoms with Gasteiger partial charge in [-0.25, -0.2) is 18.4 Å². The molecule has 1 aromatic heterocycles. The number of para-hydroxylation sites is 1. The zero-order valence-electron chi connectivity index (χ0n) is 18.6. The Morgan fingerprint density at radius 2 is 1.77 bits per heavy atom. The summed E-state index contributed by atoms with van der Waals surface area (Å²) in [4.78, 5) is 10.2. The van der Waals surface area contributed by atoms with Crippen LogP contribution in [0, 0.1) is 0 Å². The number of rotatable bonds is 6. The molecule has 1 fully saturated rings. The van der Waals surface area contributed by atoms with Crippen LogP contribution in [0.2, 0.25) is 10.0 Å². The normalized spacial score (nSPS) is 17.0. The number of hydrogen-bond donors (Lipinski definition) is 1. The highest BCUT2D eigenvalue weighted by Gasteiger charge is 2.34. The molecular formula is C22H22Cl2F3N5O2S. The van der Waals surface area contributed by atoms with E-state index in [9.17, 15) is 21.6 Å². The van der Waals surface area contributed by atoms with Crippen LogP contribution in [0.3, 0.4) is 0 Å². The van der Waals surface area contributed by atoms with E-state index in [1.54, 1.807) is 6.07 Å². The molecule has 2 heterocycles. The molecular weight excluding hydrogens is 526 g/mol. The molecule has 1 aliphatic heterocycles. The molecule has 0 aliphatic carbocycles. The second kappa shape index (κ2) is 10.1. The van der Waals surface area contributed by atoms with Gasteiger partial charge in [-0.1, -0.05) is 29.3 Å². The number of anilines is 1. The van der Waals surface area contributed by atoms with Crippen molar-refractivity contribution in [1.29, 1.82) is 0 Å². The van der Waals surface area contributed by atoms with Gasteiger partial charge in [0.1, 0.15) is 12.1 Å². The van der Waals surface area contributed by atoms with Crippen molar-refractivity contribution in [3.63, 3.8) is 0 Å². The number of piperazine rings is 1. The van der Waals surface area contributed by atoms with E-state index in [0.29, 0.717) is 38.5 Å². The second-order valence-corrected chi connectivity index (χ2v) is 11.0. The molecule has 13 heteroatoms. The number of aromatic nitrogens is 2. The number of nitrogens with zero attached hydrogens (tertiary/aromatic N) is 4. The smallest absolute Gasteiger partial charge is 0.366 e. The average Bonchev–Trinajstić information content (AvgIpc) is 2.80. The van der Waals surface area contributed by atoms with E-state index in [0.717, 1.165) is 12.4 Å². The molecule has 35 heavy (non-hydrogen) atoms. The van der Waals surface area contributed by atoms with E-state index in [4.69, 9.17) is 23.2 Å². The molecule has 7 nitrogen and oxygen atoms in total. The Kier molecular flexibility index (Phi) is 7.44. The number of fused-ring (bicyclic) bond motifs is 1. The summed E-state index contributed by atoms with van der Waals surface area (Å²) < 4.78 is 67.3. The molecule has 2 aromatic carbocycles. The van der Waals surface area contributed by atoms with Crippen LogP contribution in [-0.2, 0) is 16.2 Å². The quantitative estimate of drug-likeness (QED) is 0.479. The molecule has 4 rings (SSSR count). The highest BCUT2D eigenvalue weighted by molar-refractivity contribution is 7.89. The Bertz CT molecular complexity index is 1330. The molecule has 1 atom stereocenters. The molecule has 0 spiro atoms. The van der Waals surface area contributed by atoms with Gasteiger partial charge in [-0.2, -0.15) is 17.5 Å². The zero-order chi connectivity index (χ0) is 25.4. The van der Waals surface area contributed by atoms with Crippen molar-refractivity contribution < 1.29 is 21.6 Å². The number of hydrogen-bond acceptors (Lipinski definition) is 6. The van der Waals surface area contributed by atoms with Crippen LogP contribution in [0.25, 0.3) is 10.9 Å². The van der Waals surface area contributed by atoms with Gasteiger partial charge in [-0.15, -0.1) is 0 Å². The first-order valence-corrected chi connectivity index (χ1v) is 12.9. The summed E-state index contributed by atoms with van der Waals surface area (Å²) in [5.74, 6) is 0.314. The fourth-order valence-electron chi connectivity index (χ4n) is 4.04. The Morgan fingerprint density at radius 3 is 2.43 bits per heavy atom. The van der Waals surface area contributed by atoms with Crippen LogP contribution in [0.15, 0.2) is 47.6 Å². The lowest BCUT2D eigenvalue weighted by Crippen LogP contribution is -2.50. The monoisotopic (exact) mass is 547 g/mol. The third kappa shape index (κ3) is 5.64. The van der Waals surface area contributed by atoms with Crippen molar-refractivity contribution in [3.05, 3.63) is 58.3 Å². The number of sulfonamides is 1. The summed E-state index contributed by atoms with van der Waals surface area (Å²) in [5, 5.41) is 3.91. The van der Waals surface area contributed by atoms with Crippen LogP contribution in [0.5, 0.6) is 0 Å². The molecule has 188 valence electrons. The zero-order valence-corrected chi connectivity index (χ0v) is 20.9. The van der Waals surface area contributed by atoms with Gasteiger partial charge < -0.3 is 5.32 Å². The molecule has 0 radical (unpaired) electrons. The van der Waals surface area contributed by atoms with E-state index < -0.39 is 21.8 Å². The summed E-state index contributed by atoms with van der Waals surface area (Å²) in [6.45, 7) is 4.01. The van der Waals surface area contributed by atoms with Gasteiger partial charge in [0.25, 0.3) is 0 Å². The van der Waals surface area contributed by atoms with Gasteiger partial charge in [0.2, 0.25) is 10.0 Å². The summed E-state index contributed by atoms with van der Waals surface area (Å²) in [7, 11) is -3.70. The van der Waals surface area contributed by atoms with Gasteiger partial charge >= 0.3 is 6.18 Å². The van der Waals surface area contributed by atoms with E-state index in [-0.39, 0.29) is 31.9 Å². The molecule has 1 saturated heterocycles. The van der Waals surface area contributed by atoms with Crippen LogP contribution in [-0.4, -0.2) is 66.4 Å². The number of benzene rings is 2. The van der Waals surface area contributed by atoms with Crippen molar-refractivity contribution in [3.8, 4) is 0 Å². The maximum atomic E-state index is 13.3. The highest BCUT2D eigenvalue weighted by atomic mass is 35.5. The van der Waals surface area contributed by atoms with E-state index >= 15 is 0 Å². The fraction of sp³-hybridized carbons (Fsp3) is 0.364. The lowest BCUT2D eigenvalue weighted by atomic mass is 10.1. The van der Waals surface area contributed by atoms with Crippen LogP contribution >= 0.6 is 23.2 Å². The van der Waals surface area contributed by atoms with Gasteiger partial charge in [0.05, 0.1) is 26.0 Å². The lowest BCUT2D eigenvalue weighted by molar-refractivity contribution is -0.136. The largest absolute Gasteiger partial charge is 0.418 e. The van der Waals surface area contributed by atoms with Crippen molar-refractivity contribution in [2.75, 3.05) is 38.0 Å². The predicted octanol–water partition coefficient (Wildman–Crippen LogP) is 4.76. The molecule has 1 unspecified atom stereocenters. The van der Waals surface area contributed by atoms with E-state index in [1.807, 2.05) is 6.92 Å². The number of nitrogens with one attached hydrogen (secondary N) is 1. The topological polar surface area (TPSA) is 78.4 Å². The third-order valence-corrected chi connectivity index (χ3v) is 8.38.